The minimum Gasteiger partial charge on any atom is -0.508 e. The number of anilines is 2. The highest BCUT2D eigenvalue weighted by molar-refractivity contribution is 7.15. The fourth-order valence-electron chi connectivity index (χ4n) is 10.2. The Bertz CT molecular complexity index is 2760. The normalized spacial score (nSPS) is 19.0. The van der Waals surface area contributed by atoms with Crippen molar-refractivity contribution >= 4 is 62.8 Å². The lowest BCUT2D eigenvalue weighted by atomic mass is 9.87. The number of piperazine rings is 1. The van der Waals surface area contributed by atoms with Crippen LogP contribution in [0.2, 0.25) is 10.0 Å². The zero-order valence-corrected chi connectivity index (χ0v) is 38.7. The van der Waals surface area contributed by atoms with Gasteiger partial charge in [-0.2, -0.15) is 0 Å². The molecule has 2 N–H and O–H groups in total. The van der Waals surface area contributed by atoms with E-state index >= 15 is 0 Å². The lowest BCUT2D eigenvalue weighted by molar-refractivity contribution is -0.0173. The van der Waals surface area contributed by atoms with Crippen molar-refractivity contribution < 1.29 is 10.2 Å². The summed E-state index contributed by atoms with van der Waals surface area (Å²) in [6, 6.07) is 29.2. The molecule has 4 aromatic carbocycles. The second kappa shape index (κ2) is 16.9. The molecule has 1 atom stereocenters. The number of hydrogen-bond donors (Lipinski definition) is 2. The number of aliphatic imine (C=N–C) groups is 1. The van der Waals surface area contributed by atoms with E-state index in [0.717, 1.165) is 127 Å². The number of rotatable bonds is 7. The quantitative estimate of drug-likeness (QED) is 0.165. The summed E-state index contributed by atoms with van der Waals surface area (Å²) in [6.45, 7) is 14.4. The number of fused-ring (bicyclic) bond motifs is 4. The zero-order chi connectivity index (χ0) is 43.6. The monoisotopic (exact) mass is 897 g/mol. The number of aromatic nitrogens is 3. The molecule has 5 heterocycles. The van der Waals surface area contributed by atoms with Crippen LogP contribution in [0.5, 0.6) is 5.75 Å². The third-order valence-electron chi connectivity index (χ3n) is 13.8. The van der Waals surface area contributed by atoms with Gasteiger partial charge in [-0.05, 0) is 147 Å². The second-order valence-corrected chi connectivity index (χ2v) is 19.8. The number of aliphatic hydroxyl groups is 1. The van der Waals surface area contributed by atoms with Crippen LogP contribution in [0, 0.1) is 20.8 Å². The highest BCUT2D eigenvalue weighted by Gasteiger charge is 2.36. The molecule has 2 fully saturated rings. The molecular weight excluding hydrogens is 846 g/mol. The molecule has 2 saturated heterocycles. The zero-order valence-electron chi connectivity index (χ0n) is 36.3. The van der Waals surface area contributed by atoms with E-state index in [2.05, 4.69) is 98.8 Å². The first-order valence-corrected chi connectivity index (χ1v) is 23.8. The van der Waals surface area contributed by atoms with Gasteiger partial charge in [-0.15, -0.1) is 21.5 Å². The van der Waals surface area contributed by atoms with E-state index in [4.69, 9.17) is 28.2 Å². The van der Waals surface area contributed by atoms with Gasteiger partial charge in [-0.3, -0.25) is 14.5 Å². The third-order valence-corrected chi connectivity index (χ3v) is 15.5. The minimum atomic E-state index is -0.710. The molecule has 9 nitrogen and oxygen atoms in total. The van der Waals surface area contributed by atoms with E-state index < -0.39 is 5.60 Å². The number of phenols is 1. The topological polar surface area (TPSA) is 93.2 Å². The molecule has 4 aliphatic rings. The number of aryl methyl sites for hydroxylation is 3. The molecule has 0 bridgehead atoms. The lowest BCUT2D eigenvalue weighted by Crippen LogP contribution is -2.55. The summed E-state index contributed by atoms with van der Waals surface area (Å²) in [6.07, 6.45) is 4.17. The van der Waals surface area contributed by atoms with Crippen molar-refractivity contribution in [1.82, 2.24) is 19.7 Å². The molecule has 3 aliphatic heterocycles. The van der Waals surface area contributed by atoms with E-state index in [0.29, 0.717) is 16.6 Å². The average Bonchev–Trinajstić information content (AvgIpc) is 3.69. The molecule has 6 aromatic rings. The van der Waals surface area contributed by atoms with Gasteiger partial charge in [0.05, 0.1) is 11.3 Å². The number of allylic oxidation sites excluding steroid dienone is 1. The molecule has 0 spiro atoms. The van der Waals surface area contributed by atoms with Gasteiger partial charge in [0.2, 0.25) is 0 Å². The van der Waals surface area contributed by atoms with E-state index in [1.807, 2.05) is 37.3 Å². The minimum absolute atomic E-state index is 0.114. The Morgan fingerprint density at radius 2 is 1.43 bits per heavy atom. The molecule has 0 amide bonds. The fourth-order valence-corrected chi connectivity index (χ4v) is 11.9. The van der Waals surface area contributed by atoms with Gasteiger partial charge in [-0.1, -0.05) is 59.6 Å². The van der Waals surface area contributed by atoms with Crippen molar-refractivity contribution in [2.45, 2.75) is 71.4 Å². The van der Waals surface area contributed by atoms with Gasteiger partial charge < -0.3 is 20.0 Å². The summed E-state index contributed by atoms with van der Waals surface area (Å²) in [7, 11) is 0. The predicted octanol–water partition coefficient (Wildman–Crippen LogP) is 10.6. The van der Waals surface area contributed by atoms with Crippen LogP contribution in [0.4, 0.5) is 11.4 Å². The number of thiophene rings is 1. The van der Waals surface area contributed by atoms with Crippen LogP contribution in [0.1, 0.15) is 94.1 Å². The lowest BCUT2D eigenvalue weighted by Gasteiger charge is -2.44. The van der Waals surface area contributed by atoms with Gasteiger partial charge in [0.15, 0.2) is 5.82 Å². The summed E-state index contributed by atoms with van der Waals surface area (Å²) in [5, 5.41) is 33.6. The number of benzene rings is 4. The first-order chi connectivity index (χ1) is 30.4. The van der Waals surface area contributed by atoms with Crippen molar-refractivity contribution in [3.05, 3.63) is 150 Å². The Morgan fingerprint density at radius 3 is 2.13 bits per heavy atom. The average molecular weight is 899 g/mol. The highest BCUT2D eigenvalue weighted by atomic mass is 35.5. The Kier molecular flexibility index (Phi) is 11.2. The van der Waals surface area contributed by atoms with Crippen LogP contribution < -0.4 is 9.80 Å². The number of nitrogens with zero attached hydrogens (tertiary/aromatic N) is 7. The van der Waals surface area contributed by atoms with Crippen LogP contribution in [0.15, 0.2) is 89.9 Å². The molecule has 324 valence electrons. The van der Waals surface area contributed by atoms with Gasteiger partial charge >= 0.3 is 0 Å². The molecule has 0 unspecified atom stereocenters. The molecular formula is C51H53Cl2N7O2S. The highest BCUT2D eigenvalue weighted by Crippen LogP contribution is 2.44. The Labute approximate surface area is 384 Å². The van der Waals surface area contributed by atoms with E-state index in [1.54, 1.807) is 17.4 Å². The van der Waals surface area contributed by atoms with Crippen LogP contribution in [0.3, 0.4) is 0 Å². The van der Waals surface area contributed by atoms with Crippen LogP contribution in [-0.2, 0) is 6.42 Å². The van der Waals surface area contributed by atoms with Crippen molar-refractivity contribution in [2.24, 2.45) is 4.99 Å². The second-order valence-electron chi connectivity index (χ2n) is 17.8. The van der Waals surface area contributed by atoms with Gasteiger partial charge in [0, 0.05) is 83.2 Å². The summed E-state index contributed by atoms with van der Waals surface area (Å²) < 4.78 is 2.18. The molecule has 12 heteroatoms. The molecule has 0 saturated carbocycles. The third kappa shape index (κ3) is 7.99. The van der Waals surface area contributed by atoms with Crippen LogP contribution in [-0.4, -0.2) is 87.0 Å². The maximum Gasteiger partial charge on any atom is 0.162 e. The SMILES string of the molecule is Cc1sc2c(c1C)C(c1ccc(N3CCC(O)(CN4CCN(c5ccc(C6=C(c7ccc(Cl)cc7Cl)CCCc7cc(O)ccc76)cc5)CC4)CC3)cc1)=N[C@@H](C)c1nnc(C)n1-2. The molecule has 0 radical (unpaired) electrons. The number of piperidine rings is 1. The standard InChI is InChI=1S/C51H53Cl2N7O2S/c1-31-33(3)63-50-46(31)48(54-32(2)49-56-55-34(4)60(49)50)36-10-15-39(16-11-36)58-22-20-51(62,21-23-58)30-57-24-26-59(27-25-57)40-13-8-35(9-14-40)47-42-19-17-41(61)28-37(42)6-5-7-44(47)43-18-12-38(52)29-45(43)53/h8-19,28-29,32,61-62H,5-7,20-27,30H2,1-4H3/t32-/m0/s1. The number of phenolic OH excluding ortho intramolecular Hbond substituents is 1. The van der Waals surface area contributed by atoms with Gasteiger partial charge in [-0.25, -0.2) is 0 Å². The molecule has 10 rings (SSSR count). The van der Waals surface area contributed by atoms with Gasteiger partial charge in [0.1, 0.15) is 22.6 Å². The Balaban J connectivity index is 0.781. The summed E-state index contributed by atoms with van der Waals surface area (Å²) >= 11 is 14.9. The largest absolute Gasteiger partial charge is 0.508 e. The Morgan fingerprint density at radius 1 is 0.762 bits per heavy atom. The van der Waals surface area contributed by atoms with Crippen LogP contribution in [0.25, 0.3) is 16.1 Å². The summed E-state index contributed by atoms with van der Waals surface area (Å²) in [5.41, 5.74) is 13.0. The Hall–Kier alpha value is -4.97. The number of halogens is 2. The maximum atomic E-state index is 11.9. The number of hydrogen-bond acceptors (Lipinski definition) is 9. The van der Waals surface area contributed by atoms with E-state index in [9.17, 15) is 10.2 Å². The molecule has 2 aromatic heterocycles. The smallest absolute Gasteiger partial charge is 0.162 e. The van der Waals surface area contributed by atoms with E-state index in [1.165, 1.54) is 33.0 Å². The van der Waals surface area contributed by atoms with E-state index in [-0.39, 0.29) is 11.8 Å². The van der Waals surface area contributed by atoms with Crippen molar-refractivity contribution in [3.8, 4) is 10.8 Å². The predicted molar refractivity (Wildman–Crippen MR) is 259 cm³/mol. The molecule has 1 aliphatic carbocycles. The first kappa shape index (κ1) is 42.0. The van der Waals surface area contributed by atoms with Crippen LogP contribution >= 0.6 is 34.5 Å². The number of aromatic hydroxyl groups is 1. The summed E-state index contributed by atoms with van der Waals surface area (Å²) in [5.74, 6) is 2.05. The van der Waals surface area contributed by atoms with Gasteiger partial charge in [0.25, 0.3) is 0 Å². The number of β-amino-alcohol motifs (C(OH)–C–C–N with tert-alkyl or cyclic N) is 1. The molecule has 63 heavy (non-hydrogen) atoms. The van der Waals surface area contributed by atoms with Crippen molar-refractivity contribution in [2.75, 3.05) is 55.6 Å². The fraction of sp³-hybridized carbons (Fsp3) is 0.353. The summed E-state index contributed by atoms with van der Waals surface area (Å²) in [4.78, 5) is 13.8. The van der Waals surface area contributed by atoms with Crippen molar-refractivity contribution in [3.63, 3.8) is 0 Å². The van der Waals surface area contributed by atoms with Crippen molar-refractivity contribution in [1.29, 1.82) is 0 Å². The maximum absolute atomic E-state index is 11.9. The first-order valence-electron chi connectivity index (χ1n) is 22.2.